The summed E-state index contributed by atoms with van der Waals surface area (Å²) in [6, 6.07) is 0. The molecular formula is C14H18O4. The molecule has 1 aliphatic rings. The number of Topliss-reactive ketones (excluding diaryl/α,β-unsaturated/α-hetero) is 2. The van der Waals surface area contributed by atoms with E-state index >= 15 is 0 Å². The molecule has 4 heteroatoms. The van der Waals surface area contributed by atoms with Crippen LogP contribution in [-0.4, -0.2) is 23.1 Å². The smallest absolute Gasteiger partial charge is 0.342 e. The Bertz CT molecular complexity index is 478. The number of esters is 1. The lowest BCUT2D eigenvalue weighted by Crippen LogP contribution is -2.36. The third-order valence-corrected chi connectivity index (χ3v) is 2.84. The summed E-state index contributed by atoms with van der Waals surface area (Å²) in [5.41, 5.74) is -1.86. The summed E-state index contributed by atoms with van der Waals surface area (Å²) in [6.45, 7) is 11.4. The maximum atomic E-state index is 12.3. The second-order valence-corrected chi connectivity index (χ2v) is 5.61. The summed E-state index contributed by atoms with van der Waals surface area (Å²) in [4.78, 5) is 35.8. The van der Waals surface area contributed by atoms with Crippen LogP contribution in [0.5, 0.6) is 0 Å². The molecule has 0 unspecified atom stereocenters. The molecule has 0 N–H and O–H groups in total. The largest absolute Gasteiger partial charge is 0.452 e. The van der Waals surface area contributed by atoms with Crippen LogP contribution < -0.4 is 0 Å². The van der Waals surface area contributed by atoms with Crippen LogP contribution in [0.15, 0.2) is 23.8 Å². The Morgan fingerprint density at radius 2 is 1.83 bits per heavy atom. The first-order chi connectivity index (χ1) is 7.99. The molecule has 0 aromatic carbocycles. The van der Waals surface area contributed by atoms with Crippen LogP contribution in [0.3, 0.4) is 0 Å². The van der Waals surface area contributed by atoms with Gasteiger partial charge in [0.1, 0.15) is 11.2 Å². The minimum Gasteiger partial charge on any atom is -0.452 e. The molecule has 0 saturated carbocycles. The zero-order chi connectivity index (χ0) is 14.3. The Morgan fingerprint density at radius 3 is 2.17 bits per heavy atom. The first-order valence-corrected chi connectivity index (χ1v) is 5.70. The quantitative estimate of drug-likeness (QED) is 0.252. The highest BCUT2D eigenvalue weighted by molar-refractivity contribution is 6.28. The summed E-state index contributed by atoms with van der Waals surface area (Å²) >= 11 is 0. The molecule has 0 fully saturated rings. The molecule has 0 aromatic heterocycles. The number of carbonyl (C=O) groups excluding carboxylic acids is 3. The zero-order valence-electron chi connectivity index (χ0n) is 11.4. The second-order valence-electron chi connectivity index (χ2n) is 5.61. The molecule has 0 aliphatic carbocycles. The number of rotatable bonds is 4. The van der Waals surface area contributed by atoms with E-state index < -0.39 is 22.8 Å². The summed E-state index contributed by atoms with van der Waals surface area (Å²) in [5, 5.41) is 0. The van der Waals surface area contributed by atoms with Gasteiger partial charge in [-0.3, -0.25) is 9.59 Å². The molecular weight excluding hydrogens is 233 g/mol. The number of ether oxygens (including phenoxy) is 1. The van der Waals surface area contributed by atoms with Crippen LogP contribution in [0.4, 0.5) is 0 Å². The van der Waals surface area contributed by atoms with Crippen molar-refractivity contribution in [3.8, 4) is 0 Å². The lowest BCUT2D eigenvalue weighted by molar-refractivity contribution is -0.146. The number of allylic oxidation sites excluding steroid dienone is 1. The van der Waals surface area contributed by atoms with Gasteiger partial charge in [-0.05, 0) is 46.3 Å². The van der Waals surface area contributed by atoms with E-state index in [2.05, 4.69) is 6.58 Å². The number of carbonyl (C=O) groups is 3. The molecule has 18 heavy (non-hydrogen) atoms. The topological polar surface area (TPSA) is 60.4 Å². The number of hydrogen-bond acceptors (Lipinski definition) is 4. The van der Waals surface area contributed by atoms with Crippen molar-refractivity contribution in [3.05, 3.63) is 23.8 Å². The summed E-state index contributed by atoms with van der Waals surface area (Å²) in [6.07, 6.45) is 1.46. The Balaban J connectivity index is 3.13. The van der Waals surface area contributed by atoms with E-state index in [1.54, 1.807) is 20.8 Å². The van der Waals surface area contributed by atoms with E-state index in [1.165, 1.54) is 19.9 Å². The SMILES string of the molecule is C=C(C)C(=O)C(C)(C)[13C](=O)C1=CC(C)(C)OC1=O. The van der Waals surface area contributed by atoms with Crippen LogP contribution in [0.1, 0.15) is 34.6 Å². The van der Waals surface area contributed by atoms with Crippen LogP contribution in [0.2, 0.25) is 0 Å². The molecule has 98 valence electrons. The lowest BCUT2D eigenvalue weighted by atomic mass is 9.88. The monoisotopic (exact) mass is 251 g/mol. The fourth-order valence-corrected chi connectivity index (χ4v) is 1.86. The molecule has 0 bridgehead atoms. The third-order valence-electron chi connectivity index (χ3n) is 2.84. The predicted octanol–water partition coefficient (Wildman–Crippen LogP) is 1.99. The number of hydrogen-bond donors (Lipinski definition) is 0. The van der Waals surface area contributed by atoms with Gasteiger partial charge in [-0.15, -0.1) is 0 Å². The van der Waals surface area contributed by atoms with Gasteiger partial charge in [0.2, 0.25) is 0 Å². The average Bonchev–Trinajstić information content (AvgIpc) is 2.49. The van der Waals surface area contributed by atoms with Gasteiger partial charge in [-0.25, -0.2) is 4.79 Å². The minimum absolute atomic E-state index is 0.0559. The molecule has 4 nitrogen and oxygen atoms in total. The molecule has 1 aliphatic heterocycles. The van der Waals surface area contributed by atoms with Gasteiger partial charge < -0.3 is 4.74 Å². The average molecular weight is 251 g/mol. The highest BCUT2D eigenvalue weighted by atomic mass is 16.6. The zero-order valence-corrected chi connectivity index (χ0v) is 11.4. The highest BCUT2D eigenvalue weighted by Crippen LogP contribution is 2.31. The van der Waals surface area contributed by atoms with Crippen LogP contribution in [0, 0.1) is 5.41 Å². The number of cyclic esters (lactones) is 1. The first-order valence-electron chi connectivity index (χ1n) is 5.70. The standard InChI is InChI=1S/C14H18O4/c1-8(2)10(15)14(5,6)11(16)9-7-13(3,4)18-12(9)17/h7H,1H2,2-6H3/i11+1. The fraction of sp³-hybridized carbons (Fsp3) is 0.500. The van der Waals surface area contributed by atoms with Crippen molar-refractivity contribution in [2.75, 3.05) is 0 Å². The van der Waals surface area contributed by atoms with E-state index in [1.807, 2.05) is 0 Å². The summed E-state index contributed by atoms with van der Waals surface area (Å²) in [5.74, 6) is -1.57. The normalized spacial score (nSPS) is 18.1. The molecule has 0 amide bonds. The Kier molecular flexibility index (Phi) is 3.34. The molecule has 1 rings (SSSR count). The fourth-order valence-electron chi connectivity index (χ4n) is 1.86. The first kappa shape index (κ1) is 14.4. The molecule has 0 atom stereocenters. The van der Waals surface area contributed by atoms with Gasteiger partial charge in [0.25, 0.3) is 0 Å². The third kappa shape index (κ3) is 2.42. The molecule has 0 saturated heterocycles. The van der Waals surface area contributed by atoms with Gasteiger partial charge in [0, 0.05) is 0 Å². The van der Waals surface area contributed by atoms with E-state index in [-0.39, 0.29) is 11.4 Å². The van der Waals surface area contributed by atoms with E-state index in [4.69, 9.17) is 4.74 Å². The van der Waals surface area contributed by atoms with E-state index in [0.29, 0.717) is 5.57 Å². The lowest BCUT2D eigenvalue weighted by Gasteiger charge is -2.21. The van der Waals surface area contributed by atoms with Crippen molar-refractivity contribution in [1.82, 2.24) is 0 Å². The van der Waals surface area contributed by atoms with Crippen molar-refractivity contribution in [3.63, 3.8) is 0 Å². The Morgan fingerprint density at radius 1 is 1.33 bits per heavy atom. The summed E-state index contributed by atoms with van der Waals surface area (Å²) < 4.78 is 5.03. The minimum atomic E-state index is -1.29. The van der Waals surface area contributed by atoms with Crippen LogP contribution in [-0.2, 0) is 19.1 Å². The summed E-state index contributed by atoms with van der Waals surface area (Å²) in [7, 11) is 0. The van der Waals surface area contributed by atoms with Gasteiger partial charge in [-0.2, -0.15) is 0 Å². The van der Waals surface area contributed by atoms with Crippen molar-refractivity contribution >= 4 is 17.5 Å². The van der Waals surface area contributed by atoms with Crippen molar-refractivity contribution in [2.24, 2.45) is 5.41 Å². The van der Waals surface area contributed by atoms with Crippen LogP contribution in [0.25, 0.3) is 0 Å². The van der Waals surface area contributed by atoms with Gasteiger partial charge in [-0.1, -0.05) is 6.58 Å². The maximum Gasteiger partial charge on any atom is 0.342 e. The maximum absolute atomic E-state index is 12.3. The predicted molar refractivity (Wildman–Crippen MR) is 66.9 cm³/mol. The number of ketones is 2. The van der Waals surface area contributed by atoms with Crippen molar-refractivity contribution in [1.29, 1.82) is 0 Å². The van der Waals surface area contributed by atoms with E-state index in [9.17, 15) is 14.4 Å². The molecule has 0 aromatic rings. The van der Waals surface area contributed by atoms with Gasteiger partial charge in [0.05, 0.1) is 5.41 Å². The molecule has 0 radical (unpaired) electrons. The van der Waals surface area contributed by atoms with Gasteiger partial charge >= 0.3 is 5.97 Å². The Hall–Kier alpha value is -1.71. The van der Waals surface area contributed by atoms with Crippen molar-refractivity contribution < 1.29 is 19.1 Å². The molecule has 1 heterocycles. The highest BCUT2D eigenvalue weighted by Gasteiger charge is 2.44. The Labute approximate surface area is 107 Å². The molecule has 0 spiro atoms. The van der Waals surface area contributed by atoms with E-state index in [0.717, 1.165) is 0 Å². The van der Waals surface area contributed by atoms with Crippen molar-refractivity contribution in [2.45, 2.75) is 40.2 Å². The van der Waals surface area contributed by atoms with Crippen LogP contribution >= 0.6 is 0 Å². The van der Waals surface area contributed by atoms with Gasteiger partial charge in [0.15, 0.2) is 11.6 Å². The second kappa shape index (κ2) is 4.19.